The van der Waals surface area contributed by atoms with Gasteiger partial charge >= 0.3 is 6.18 Å². The van der Waals surface area contributed by atoms with E-state index in [1.807, 2.05) is 0 Å². The van der Waals surface area contributed by atoms with Crippen molar-refractivity contribution in [2.24, 2.45) is 4.99 Å². The van der Waals surface area contributed by atoms with Crippen molar-refractivity contribution < 1.29 is 13.2 Å². The number of halogens is 4. The van der Waals surface area contributed by atoms with E-state index in [4.69, 9.17) is 0 Å². The van der Waals surface area contributed by atoms with Crippen molar-refractivity contribution in [3.05, 3.63) is 51.5 Å². The fourth-order valence-electron chi connectivity index (χ4n) is 3.31. The van der Waals surface area contributed by atoms with Crippen LogP contribution in [0.2, 0.25) is 0 Å². The molecule has 0 amide bonds. The van der Waals surface area contributed by atoms with Crippen LogP contribution in [0.5, 0.6) is 0 Å². The molecule has 30 heavy (non-hydrogen) atoms. The first kappa shape index (κ1) is 24.9. The normalized spacial score (nSPS) is 17.6. The first-order valence-corrected chi connectivity index (χ1v) is 10.5. The van der Waals surface area contributed by atoms with Crippen LogP contribution in [0.3, 0.4) is 0 Å². The first-order chi connectivity index (χ1) is 13.9. The Hall–Kier alpha value is -1.40. The molecule has 1 aromatic carbocycles. The van der Waals surface area contributed by atoms with Gasteiger partial charge in [-0.25, -0.2) is 4.98 Å². The van der Waals surface area contributed by atoms with Gasteiger partial charge in [-0.05, 0) is 30.5 Å². The van der Waals surface area contributed by atoms with E-state index in [-0.39, 0.29) is 30.0 Å². The molecule has 1 fully saturated rings. The van der Waals surface area contributed by atoms with Crippen LogP contribution in [0.15, 0.2) is 34.6 Å². The Balaban J connectivity index is 0.00000320. The summed E-state index contributed by atoms with van der Waals surface area (Å²) in [7, 11) is 1.74. The minimum Gasteiger partial charge on any atom is -0.352 e. The summed E-state index contributed by atoms with van der Waals surface area (Å²) in [4.78, 5) is 11.1. The lowest BCUT2D eigenvalue weighted by molar-refractivity contribution is -0.137. The van der Waals surface area contributed by atoms with Crippen molar-refractivity contribution in [3.8, 4) is 0 Å². The molecule has 0 aliphatic carbocycles. The van der Waals surface area contributed by atoms with E-state index < -0.39 is 11.7 Å². The number of guanidine groups is 1. The van der Waals surface area contributed by atoms with Crippen molar-refractivity contribution >= 4 is 41.3 Å². The third-order valence-electron chi connectivity index (χ3n) is 4.86. The number of hydrogen-bond acceptors (Lipinski definition) is 4. The number of likely N-dealkylation sites (tertiary alicyclic amines) is 1. The van der Waals surface area contributed by atoms with Gasteiger partial charge in [0, 0.05) is 38.1 Å². The fourth-order valence-corrected chi connectivity index (χ4v) is 4.05. The van der Waals surface area contributed by atoms with E-state index in [1.54, 1.807) is 30.5 Å². The first-order valence-electron chi connectivity index (χ1n) is 9.66. The van der Waals surface area contributed by atoms with Gasteiger partial charge in [0.1, 0.15) is 0 Å². The Labute approximate surface area is 196 Å². The van der Waals surface area contributed by atoms with Crippen LogP contribution >= 0.6 is 35.3 Å². The Morgan fingerprint density at radius 3 is 2.63 bits per heavy atom. The van der Waals surface area contributed by atoms with E-state index in [0.717, 1.165) is 60.3 Å². The molecule has 5 nitrogen and oxygen atoms in total. The Morgan fingerprint density at radius 1 is 1.30 bits per heavy atom. The zero-order valence-corrected chi connectivity index (χ0v) is 20.1. The van der Waals surface area contributed by atoms with Crippen LogP contribution < -0.4 is 10.6 Å². The zero-order valence-electron chi connectivity index (χ0n) is 17.0. The average molecular weight is 553 g/mol. The van der Waals surface area contributed by atoms with E-state index >= 15 is 0 Å². The number of aromatic nitrogens is 1. The molecular formula is C20H27F3IN5S. The standard InChI is InChI=1S/C20H26F3N5S.HI/c1-3-18-26-17(13-29-18)10-25-19(24-2)27-16-8-9-28(12-16)11-14-4-6-15(7-5-14)20(21,22)23;/h4-7,13,16H,3,8-12H2,1-2H3,(H2,24,25,27);1H. The third kappa shape index (κ3) is 7.09. The van der Waals surface area contributed by atoms with Crippen LogP contribution in [0.4, 0.5) is 13.2 Å². The fraction of sp³-hybridized carbons (Fsp3) is 0.500. The lowest BCUT2D eigenvalue weighted by atomic mass is 10.1. The van der Waals surface area contributed by atoms with Crippen molar-refractivity contribution in [2.45, 2.75) is 45.1 Å². The summed E-state index contributed by atoms with van der Waals surface area (Å²) in [5.41, 5.74) is 1.28. The van der Waals surface area contributed by atoms with E-state index in [1.165, 1.54) is 0 Å². The van der Waals surface area contributed by atoms with E-state index in [0.29, 0.717) is 13.1 Å². The molecule has 3 rings (SSSR count). The molecule has 1 unspecified atom stereocenters. The topological polar surface area (TPSA) is 52.6 Å². The smallest absolute Gasteiger partial charge is 0.352 e. The van der Waals surface area contributed by atoms with E-state index in [2.05, 4.69) is 37.8 Å². The van der Waals surface area contributed by atoms with Gasteiger partial charge in [-0.2, -0.15) is 13.2 Å². The van der Waals surface area contributed by atoms with Crippen LogP contribution in [-0.2, 0) is 25.7 Å². The number of thiazole rings is 1. The predicted octanol–water partition coefficient (Wildman–Crippen LogP) is 4.28. The quantitative estimate of drug-likeness (QED) is 0.319. The minimum atomic E-state index is -4.29. The van der Waals surface area contributed by atoms with Crippen molar-refractivity contribution in [2.75, 3.05) is 20.1 Å². The largest absolute Gasteiger partial charge is 0.416 e. The zero-order chi connectivity index (χ0) is 20.9. The lowest BCUT2D eigenvalue weighted by Crippen LogP contribution is -2.44. The number of hydrogen-bond donors (Lipinski definition) is 2. The second-order valence-electron chi connectivity index (χ2n) is 7.07. The number of benzene rings is 1. The molecule has 0 saturated carbocycles. The highest BCUT2D eigenvalue weighted by atomic mass is 127. The highest BCUT2D eigenvalue weighted by Crippen LogP contribution is 2.29. The van der Waals surface area contributed by atoms with Crippen molar-refractivity contribution in [3.63, 3.8) is 0 Å². The molecule has 1 aromatic heterocycles. The summed E-state index contributed by atoms with van der Waals surface area (Å²) >= 11 is 1.66. The minimum absolute atomic E-state index is 0. The second kappa shape index (κ2) is 11.3. The molecule has 1 aliphatic heterocycles. The van der Waals surface area contributed by atoms with Crippen LogP contribution in [0.25, 0.3) is 0 Å². The molecule has 2 heterocycles. The van der Waals surface area contributed by atoms with Crippen molar-refractivity contribution in [1.82, 2.24) is 20.5 Å². The van der Waals surface area contributed by atoms with Gasteiger partial charge in [-0.1, -0.05) is 19.1 Å². The van der Waals surface area contributed by atoms with Crippen LogP contribution in [0, 0.1) is 0 Å². The lowest BCUT2D eigenvalue weighted by Gasteiger charge is -2.19. The van der Waals surface area contributed by atoms with Gasteiger partial charge in [0.25, 0.3) is 0 Å². The molecule has 2 N–H and O–H groups in total. The summed E-state index contributed by atoms with van der Waals surface area (Å²) < 4.78 is 38.0. The van der Waals surface area contributed by atoms with Gasteiger partial charge in [0.05, 0.1) is 22.8 Å². The third-order valence-corrected chi connectivity index (χ3v) is 5.90. The number of alkyl halides is 3. The van der Waals surface area contributed by atoms with Crippen molar-refractivity contribution in [1.29, 1.82) is 0 Å². The predicted molar refractivity (Wildman–Crippen MR) is 125 cm³/mol. The average Bonchev–Trinajstić information content (AvgIpc) is 3.34. The Morgan fingerprint density at radius 2 is 2.03 bits per heavy atom. The number of rotatable bonds is 6. The molecule has 1 aliphatic rings. The molecule has 0 spiro atoms. The van der Waals surface area contributed by atoms with Gasteiger partial charge in [0.2, 0.25) is 0 Å². The van der Waals surface area contributed by atoms with Gasteiger partial charge in [-0.3, -0.25) is 9.89 Å². The molecule has 166 valence electrons. The monoisotopic (exact) mass is 553 g/mol. The van der Waals surface area contributed by atoms with Gasteiger partial charge < -0.3 is 10.6 Å². The molecule has 0 bridgehead atoms. The molecular weight excluding hydrogens is 526 g/mol. The number of aryl methyl sites for hydroxylation is 1. The molecule has 10 heteroatoms. The second-order valence-corrected chi connectivity index (χ2v) is 8.01. The Kier molecular flexibility index (Phi) is 9.35. The Bertz CT molecular complexity index is 823. The molecule has 2 aromatic rings. The summed E-state index contributed by atoms with van der Waals surface area (Å²) in [5.74, 6) is 0.734. The van der Waals surface area contributed by atoms with Crippen LogP contribution in [0.1, 0.15) is 35.2 Å². The molecule has 0 radical (unpaired) electrons. The number of nitrogens with zero attached hydrogens (tertiary/aromatic N) is 3. The number of nitrogens with one attached hydrogen (secondary N) is 2. The van der Waals surface area contributed by atoms with Gasteiger partial charge in [0.15, 0.2) is 5.96 Å². The highest BCUT2D eigenvalue weighted by molar-refractivity contribution is 14.0. The SMILES string of the molecule is CCc1nc(CNC(=NC)NC2CCN(Cc3ccc(C(F)(F)F)cc3)C2)cs1.I. The highest BCUT2D eigenvalue weighted by Gasteiger charge is 2.30. The summed E-state index contributed by atoms with van der Waals surface area (Å²) in [6.07, 6.45) is -2.40. The summed E-state index contributed by atoms with van der Waals surface area (Å²) in [6.45, 7) is 5.06. The molecule has 1 atom stereocenters. The maximum Gasteiger partial charge on any atom is 0.416 e. The summed E-state index contributed by atoms with van der Waals surface area (Å²) in [6, 6.07) is 5.66. The number of aliphatic imine (C=N–C) groups is 1. The summed E-state index contributed by atoms with van der Waals surface area (Å²) in [5, 5.41) is 9.90. The molecule has 1 saturated heterocycles. The van der Waals surface area contributed by atoms with Gasteiger partial charge in [-0.15, -0.1) is 35.3 Å². The van der Waals surface area contributed by atoms with Crippen LogP contribution in [-0.4, -0.2) is 42.0 Å². The maximum absolute atomic E-state index is 12.7. The van der Waals surface area contributed by atoms with E-state index in [9.17, 15) is 13.2 Å². The maximum atomic E-state index is 12.7.